The minimum Gasteiger partial charge on any atom is -0.444 e. The minimum atomic E-state index is -2.50. The molecule has 1 aliphatic rings. The number of rotatable bonds is 6. The van der Waals surface area contributed by atoms with Gasteiger partial charge in [0.1, 0.15) is 5.60 Å². The molecular formula is C30H41NO3Si. The predicted octanol–water partition coefficient (Wildman–Crippen LogP) is 5.75. The molecule has 2 aromatic rings. The van der Waals surface area contributed by atoms with Crippen LogP contribution in [0.15, 0.2) is 60.7 Å². The highest BCUT2D eigenvalue weighted by Crippen LogP contribution is 2.36. The number of unbranched alkanes of at least 4 members (excludes halogenated alkanes) is 1. The average Bonchev–Trinajstić information content (AvgIpc) is 3.27. The number of hydrogen-bond donors (Lipinski definition) is 0. The molecule has 1 unspecified atom stereocenters. The van der Waals surface area contributed by atoms with Crippen molar-refractivity contribution in [3.8, 4) is 11.8 Å². The van der Waals surface area contributed by atoms with E-state index in [0.29, 0.717) is 13.2 Å². The lowest BCUT2D eigenvalue weighted by atomic mass is 10.2. The summed E-state index contributed by atoms with van der Waals surface area (Å²) in [6.07, 6.45) is 3.22. The average molecular weight is 492 g/mol. The number of carbonyl (C=O) groups excluding carboxylic acids is 1. The zero-order chi connectivity index (χ0) is 25.5. The van der Waals surface area contributed by atoms with Gasteiger partial charge >= 0.3 is 6.09 Å². The Morgan fingerprint density at radius 3 is 2.06 bits per heavy atom. The molecule has 3 rings (SSSR count). The molecule has 5 heteroatoms. The topological polar surface area (TPSA) is 38.8 Å². The van der Waals surface area contributed by atoms with Gasteiger partial charge in [0.2, 0.25) is 0 Å². The van der Waals surface area contributed by atoms with Crippen LogP contribution in [-0.4, -0.2) is 44.1 Å². The lowest BCUT2D eigenvalue weighted by Gasteiger charge is -2.43. The largest absolute Gasteiger partial charge is 0.444 e. The third-order valence-electron chi connectivity index (χ3n) is 6.33. The second-order valence-electron chi connectivity index (χ2n) is 11.3. The van der Waals surface area contributed by atoms with Crippen LogP contribution in [0.4, 0.5) is 4.79 Å². The van der Waals surface area contributed by atoms with Crippen molar-refractivity contribution in [2.45, 2.75) is 83.9 Å². The van der Waals surface area contributed by atoms with Crippen LogP contribution in [0.5, 0.6) is 0 Å². The van der Waals surface area contributed by atoms with Crippen LogP contribution in [0.2, 0.25) is 5.04 Å². The third-order valence-corrected chi connectivity index (χ3v) is 11.4. The van der Waals surface area contributed by atoms with Crippen LogP contribution in [0.3, 0.4) is 0 Å². The van der Waals surface area contributed by atoms with E-state index in [1.165, 1.54) is 10.4 Å². The van der Waals surface area contributed by atoms with Crippen LogP contribution >= 0.6 is 0 Å². The smallest absolute Gasteiger partial charge is 0.411 e. The second kappa shape index (κ2) is 11.5. The molecule has 0 bridgehead atoms. The molecule has 1 atom stereocenters. The van der Waals surface area contributed by atoms with Crippen molar-refractivity contribution < 1.29 is 14.0 Å². The van der Waals surface area contributed by atoms with Gasteiger partial charge in [0, 0.05) is 19.6 Å². The van der Waals surface area contributed by atoms with E-state index in [1.807, 2.05) is 20.8 Å². The number of amides is 1. The van der Waals surface area contributed by atoms with Gasteiger partial charge in [0.15, 0.2) is 0 Å². The van der Waals surface area contributed by atoms with Crippen molar-refractivity contribution in [3.63, 3.8) is 0 Å². The zero-order valence-electron chi connectivity index (χ0n) is 22.3. The van der Waals surface area contributed by atoms with Crippen molar-refractivity contribution >= 4 is 24.8 Å². The summed E-state index contributed by atoms with van der Waals surface area (Å²) in [5, 5.41) is 2.56. The summed E-state index contributed by atoms with van der Waals surface area (Å²) >= 11 is 0. The predicted molar refractivity (Wildman–Crippen MR) is 147 cm³/mol. The molecule has 188 valence electrons. The second-order valence-corrected chi connectivity index (χ2v) is 15.6. The Kier molecular flexibility index (Phi) is 8.85. The van der Waals surface area contributed by atoms with Gasteiger partial charge in [0.05, 0.1) is 6.04 Å². The van der Waals surface area contributed by atoms with E-state index in [0.717, 1.165) is 25.7 Å². The van der Waals surface area contributed by atoms with Gasteiger partial charge in [0.25, 0.3) is 8.32 Å². The Labute approximate surface area is 213 Å². The highest BCUT2D eigenvalue weighted by Gasteiger charge is 2.49. The summed E-state index contributed by atoms with van der Waals surface area (Å²) in [6, 6.07) is 21.4. The minimum absolute atomic E-state index is 0.0286. The molecule has 1 fully saturated rings. The fraction of sp³-hybridized carbons (Fsp3) is 0.500. The summed E-state index contributed by atoms with van der Waals surface area (Å²) in [5.41, 5.74) is -0.490. The van der Waals surface area contributed by atoms with Crippen LogP contribution in [0, 0.1) is 11.8 Å². The number of ether oxygens (including phenoxy) is 1. The number of nitrogens with zero attached hydrogens (tertiary/aromatic N) is 1. The maximum absolute atomic E-state index is 12.5. The van der Waals surface area contributed by atoms with Crippen molar-refractivity contribution in [1.29, 1.82) is 0 Å². The number of carbonyl (C=O) groups is 1. The summed E-state index contributed by atoms with van der Waals surface area (Å²) in [4.78, 5) is 14.3. The van der Waals surface area contributed by atoms with E-state index in [1.54, 1.807) is 4.90 Å². The molecular weight excluding hydrogens is 450 g/mol. The summed E-state index contributed by atoms with van der Waals surface area (Å²) in [5.74, 6) is 6.64. The van der Waals surface area contributed by atoms with Gasteiger partial charge in [-0.25, -0.2) is 4.79 Å². The van der Waals surface area contributed by atoms with E-state index in [2.05, 4.69) is 93.3 Å². The Balaban J connectivity index is 1.68. The molecule has 0 radical (unpaired) electrons. The fourth-order valence-electron chi connectivity index (χ4n) is 4.79. The molecule has 35 heavy (non-hydrogen) atoms. The van der Waals surface area contributed by atoms with Crippen LogP contribution in [0.25, 0.3) is 0 Å². The van der Waals surface area contributed by atoms with E-state index >= 15 is 0 Å². The quantitative estimate of drug-likeness (QED) is 0.294. The molecule has 1 saturated heterocycles. The molecule has 1 heterocycles. The lowest BCUT2D eigenvalue weighted by molar-refractivity contribution is 0.0261. The maximum Gasteiger partial charge on any atom is 0.411 e. The molecule has 1 aliphatic heterocycles. The molecule has 4 nitrogen and oxygen atoms in total. The Bertz CT molecular complexity index is 973. The number of hydrogen-bond acceptors (Lipinski definition) is 3. The summed E-state index contributed by atoms with van der Waals surface area (Å²) in [7, 11) is -2.50. The van der Waals surface area contributed by atoms with Gasteiger partial charge in [-0.2, -0.15) is 0 Å². The normalized spacial score (nSPS) is 16.5. The first kappa shape index (κ1) is 27.0. The summed E-state index contributed by atoms with van der Waals surface area (Å²) < 4.78 is 12.5. The van der Waals surface area contributed by atoms with E-state index in [4.69, 9.17) is 9.16 Å². The highest BCUT2D eigenvalue weighted by molar-refractivity contribution is 6.99. The molecule has 0 aliphatic carbocycles. The molecule has 0 spiro atoms. The van der Waals surface area contributed by atoms with Gasteiger partial charge < -0.3 is 9.16 Å². The van der Waals surface area contributed by atoms with Crippen LogP contribution < -0.4 is 10.4 Å². The van der Waals surface area contributed by atoms with Gasteiger partial charge in [-0.3, -0.25) is 4.90 Å². The number of likely N-dealkylation sites (tertiary alicyclic amines) is 1. The van der Waals surface area contributed by atoms with Crippen LogP contribution in [-0.2, 0) is 9.16 Å². The van der Waals surface area contributed by atoms with Crippen molar-refractivity contribution in [2.75, 3.05) is 13.2 Å². The molecule has 0 saturated carbocycles. The Morgan fingerprint density at radius 2 is 1.54 bits per heavy atom. The van der Waals surface area contributed by atoms with Crippen molar-refractivity contribution in [3.05, 3.63) is 60.7 Å². The highest BCUT2D eigenvalue weighted by atomic mass is 28.4. The molecule has 0 N–H and O–H groups in total. The van der Waals surface area contributed by atoms with E-state index in [-0.39, 0.29) is 17.2 Å². The molecule has 2 aromatic carbocycles. The van der Waals surface area contributed by atoms with Crippen LogP contribution in [0.1, 0.15) is 67.2 Å². The maximum atomic E-state index is 12.5. The molecule has 1 amide bonds. The Hall–Kier alpha value is -2.55. The third kappa shape index (κ3) is 6.77. The monoisotopic (exact) mass is 491 g/mol. The first-order valence-electron chi connectivity index (χ1n) is 12.8. The number of benzene rings is 2. The SMILES string of the molecule is CC(C)(C)OC(=O)N1CCCC1C#CCCCO[Si](c1ccccc1)(c1ccccc1)C(C)(C)C. The molecule has 0 aromatic heterocycles. The van der Waals surface area contributed by atoms with Gasteiger partial charge in [-0.05, 0) is 55.4 Å². The van der Waals surface area contributed by atoms with Crippen molar-refractivity contribution in [2.24, 2.45) is 0 Å². The summed E-state index contributed by atoms with van der Waals surface area (Å²) in [6.45, 7) is 13.9. The Morgan fingerprint density at radius 1 is 0.971 bits per heavy atom. The van der Waals surface area contributed by atoms with Crippen molar-refractivity contribution in [1.82, 2.24) is 4.90 Å². The lowest BCUT2D eigenvalue weighted by Crippen LogP contribution is -2.66. The van der Waals surface area contributed by atoms with E-state index < -0.39 is 13.9 Å². The first-order valence-corrected chi connectivity index (χ1v) is 14.7. The van der Waals surface area contributed by atoms with Gasteiger partial charge in [-0.15, -0.1) is 5.92 Å². The fourth-order valence-corrected chi connectivity index (χ4v) is 9.40. The van der Waals surface area contributed by atoms with Gasteiger partial charge in [-0.1, -0.05) is 87.4 Å². The standard InChI is InChI=1S/C30H41NO3Si/c1-29(2,3)34-28(32)31-23-16-18-25(31)17-10-9-15-24-33-35(30(4,5)6,26-19-11-7-12-20-26)27-21-13-8-14-22-27/h7-8,11-14,19-22,25H,9,15-16,18,23-24H2,1-6H3. The zero-order valence-corrected chi connectivity index (χ0v) is 23.3. The first-order chi connectivity index (χ1) is 16.5. The van der Waals surface area contributed by atoms with E-state index in [9.17, 15) is 4.79 Å².